The van der Waals surface area contributed by atoms with Crippen LogP contribution in [0.2, 0.25) is 0 Å². The van der Waals surface area contributed by atoms with Gasteiger partial charge in [0.2, 0.25) is 5.91 Å². The number of hydrogen-bond acceptors (Lipinski definition) is 4. The molecule has 0 bridgehead atoms. The van der Waals surface area contributed by atoms with E-state index >= 15 is 0 Å². The number of benzene rings is 2. The fourth-order valence-electron chi connectivity index (χ4n) is 3.72. The van der Waals surface area contributed by atoms with E-state index in [1.165, 1.54) is 15.8 Å². The van der Waals surface area contributed by atoms with E-state index in [9.17, 15) is 14.4 Å². The summed E-state index contributed by atoms with van der Waals surface area (Å²) in [6.07, 6.45) is 1.71. The van der Waals surface area contributed by atoms with Gasteiger partial charge in [-0.2, -0.15) is 5.10 Å². The van der Waals surface area contributed by atoms with Crippen molar-refractivity contribution in [1.29, 1.82) is 0 Å². The molecule has 2 amide bonds. The van der Waals surface area contributed by atoms with E-state index in [0.29, 0.717) is 29.9 Å². The van der Waals surface area contributed by atoms with Crippen LogP contribution in [-0.2, 0) is 9.59 Å². The highest BCUT2D eigenvalue weighted by Crippen LogP contribution is 2.27. The Balaban J connectivity index is 1.37. The Morgan fingerprint density at radius 1 is 1.13 bits per heavy atom. The van der Waals surface area contributed by atoms with E-state index in [0.717, 1.165) is 5.56 Å². The van der Waals surface area contributed by atoms with Crippen LogP contribution in [0.25, 0.3) is 5.69 Å². The predicted octanol–water partition coefficient (Wildman–Crippen LogP) is 1.94. The summed E-state index contributed by atoms with van der Waals surface area (Å²) in [7, 11) is 0. The van der Waals surface area contributed by atoms with Gasteiger partial charge in [0.05, 0.1) is 17.5 Å². The van der Waals surface area contributed by atoms with E-state index < -0.39 is 5.91 Å². The first-order chi connectivity index (χ1) is 15.0. The molecule has 0 aliphatic carbocycles. The second kappa shape index (κ2) is 8.83. The normalized spacial score (nSPS) is 16.2. The van der Waals surface area contributed by atoms with Crippen molar-refractivity contribution in [1.82, 2.24) is 20.1 Å². The average molecular weight is 417 g/mol. The minimum absolute atomic E-state index is 0.0554. The summed E-state index contributed by atoms with van der Waals surface area (Å²) >= 11 is 0. The van der Waals surface area contributed by atoms with Crippen LogP contribution in [0.4, 0.5) is 0 Å². The molecule has 1 saturated heterocycles. The molecular weight excluding hydrogens is 394 g/mol. The number of aromatic amines is 1. The van der Waals surface area contributed by atoms with Crippen LogP contribution in [0.15, 0.2) is 70.6 Å². The van der Waals surface area contributed by atoms with Crippen molar-refractivity contribution in [2.24, 2.45) is 5.10 Å². The zero-order valence-electron chi connectivity index (χ0n) is 17.1. The van der Waals surface area contributed by atoms with E-state index in [-0.39, 0.29) is 23.9 Å². The first kappa shape index (κ1) is 20.3. The molecule has 1 aliphatic rings. The lowest BCUT2D eigenvalue weighted by Gasteiger charge is -2.15. The number of carbonyl (C=O) groups is 2. The molecule has 158 valence electrons. The third kappa shape index (κ3) is 4.48. The zero-order chi connectivity index (χ0) is 21.8. The monoisotopic (exact) mass is 417 g/mol. The topological polar surface area (TPSA) is 99.6 Å². The van der Waals surface area contributed by atoms with Crippen LogP contribution < -0.4 is 11.0 Å². The Kier molecular flexibility index (Phi) is 5.79. The third-order valence-corrected chi connectivity index (χ3v) is 5.33. The summed E-state index contributed by atoms with van der Waals surface area (Å²) in [6.45, 7) is 2.19. The van der Waals surface area contributed by atoms with Crippen molar-refractivity contribution in [2.75, 3.05) is 13.1 Å². The molecule has 0 radical (unpaired) electrons. The predicted molar refractivity (Wildman–Crippen MR) is 117 cm³/mol. The summed E-state index contributed by atoms with van der Waals surface area (Å²) in [6, 6.07) is 19.0. The largest absolute Gasteiger partial charge is 0.333 e. The van der Waals surface area contributed by atoms with Crippen LogP contribution in [0.3, 0.4) is 0 Å². The average Bonchev–Trinajstić information content (AvgIpc) is 3.29. The number of carbonyl (C=O) groups excluding carboxylic acids is 2. The molecule has 1 aromatic heterocycles. The number of amides is 2. The molecular formula is C23H23N5O3. The van der Waals surface area contributed by atoms with Crippen molar-refractivity contribution in [3.05, 3.63) is 87.8 Å². The van der Waals surface area contributed by atoms with E-state index in [4.69, 9.17) is 0 Å². The van der Waals surface area contributed by atoms with E-state index in [1.54, 1.807) is 6.92 Å². The molecule has 2 N–H and O–H groups in total. The molecule has 8 heteroatoms. The fraction of sp³-hybridized carbons (Fsp3) is 0.217. The van der Waals surface area contributed by atoms with Crippen molar-refractivity contribution in [2.45, 2.75) is 19.3 Å². The van der Waals surface area contributed by atoms with Crippen LogP contribution in [-0.4, -0.2) is 45.8 Å². The minimum Gasteiger partial charge on any atom is -0.333 e. The fourth-order valence-corrected chi connectivity index (χ4v) is 3.72. The summed E-state index contributed by atoms with van der Waals surface area (Å²) in [4.78, 5) is 38.7. The van der Waals surface area contributed by atoms with Crippen LogP contribution in [0, 0.1) is 6.92 Å². The second-order valence-electron chi connectivity index (χ2n) is 7.51. The van der Waals surface area contributed by atoms with Crippen LogP contribution in [0.1, 0.15) is 29.2 Å². The van der Waals surface area contributed by atoms with Gasteiger partial charge in [-0.1, -0.05) is 48.5 Å². The van der Waals surface area contributed by atoms with Crippen LogP contribution >= 0.6 is 0 Å². The van der Waals surface area contributed by atoms with Gasteiger partial charge in [0.25, 0.3) is 11.5 Å². The van der Waals surface area contributed by atoms with Gasteiger partial charge in [0, 0.05) is 24.6 Å². The van der Waals surface area contributed by atoms with Gasteiger partial charge in [0.15, 0.2) is 0 Å². The Bertz CT molecular complexity index is 1160. The summed E-state index contributed by atoms with van der Waals surface area (Å²) < 4.78 is 1.42. The number of nitrogens with one attached hydrogen (secondary N) is 2. The summed E-state index contributed by atoms with van der Waals surface area (Å²) in [5, 5.41) is 6.92. The summed E-state index contributed by atoms with van der Waals surface area (Å²) in [5.41, 5.74) is 4.93. The third-order valence-electron chi connectivity index (χ3n) is 5.33. The van der Waals surface area contributed by atoms with Crippen molar-refractivity contribution in [3.8, 4) is 5.69 Å². The SMILES string of the molecule is Cc1[nH]n(-c2ccccc2)c(=O)c1/C=N/NC(=O)CN1CC(c2ccccc2)CC1=O. The number of likely N-dealkylation sites (tertiary alicyclic amines) is 1. The Morgan fingerprint density at radius 2 is 1.81 bits per heavy atom. The molecule has 2 aromatic carbocycles. The van der Waals surface area contributed by atoms with Gasteiger partial charge in [-0.25, -0.2) is 10.1 Å². The summed E-state index contributed by atoms with van der Waals surface area (Å²) in [5.74, 6) is -0.376. The molecule has 8 nitrogen and oxygen atoms in total. The molecule has 0 saturated carbocycles. The van der Waals surface area contributed by atoms with E-state index in [2.05, 4.69) is 15.6 Å². The molecule has 1 unspecified atom stereocenters. The van der Waals surface area contributed by atoms with Gasteiger partial charge in [-0.3, -0.25) is 19.5 Å². The molecule has 1 fully saturated rings. The first-order valence-electron chi connectivity index (χ1n) is 10.0. The number of hydrazone groups is 1. The van der Waals surface area contributed by atoms with Crippen molar-refractivity contribution in [3.63, 3.8) is 0 Å². The first-order valence-corrected chi connectivity index (χ1v) is 10.0. The molecule has 1 aliphatic heterocycles. The van der Waals surface area contributed by atoms with Gasteiger partial charge >= 0.3 is 0 Å². The Labute approximate surface area is 179 Å². The standard InChI is InChI=1S/C23H23N5O3/c1-16-20(23(31)28(26-16)19-10-6-3-7-11-19)13-24-25-21(29)15-27-14-18(12-22(27)30)17-8-4-2-5-9-17/h2-11,13,18,26H,12,14-15H2,1H3,(H,25,29)/b24-13+. The maximum absolute atomic E-state index is 12.6. The zero-order valence-corrected chi connectivity index (χ0v) is 17.1. The van der Waals surface area contributed by atoms with Gasteiger partial charge in [-0.05, 0) is 24.6 Å². The molecule has 4 rings (SSSR count). The molecule has 31 heavy (non-hydrogen) atoms. The number of nitrogens with zero attached hydrogens (tertiary/aromatic N) is 3. The highest BCUT2D eigenvalue weighted by atomic mass is 16.2. The van der Waals surface area contributed by atoms with E-state index in [1.807, 2.05) is 60.7 Å². The van der Waals surface area contributed by atoms with Crippen LogP contribution in [0.5, 0.6) is 0 Å². The number of hydrogen-bond donors (Lipinski definition) is 2. The number of aryl methyl sites for hydroxylation is 1. The van der Waals surface area contributed by atoms with Gasteiger partial charge in [-0.15, -0.1) is 0 Å². The van der Waals surface area contributed by atoms with Crippen molar-refractivity contribution < 1.29 is 9.59 Å². The maximum atomic E-state index is 12.6. The lowest BCUT2D eigenvalue weighted by Crippen LogP contribution is -2.36. The highest BCUT2D eigenvalue weighted by Gasteiger charge is 2.31. The number of para-hydroxylation sites is 1. The quantitative estimate of drug-likeness (QED) is 0.474. The lowest BCUT2D eigenvalue weighted by atomic mass is 9.99. The second-order valence-corrected chi connectivity index (χ2v) is 7.51. The Hall–Kier alpha value is -3.94. The molecule has 3 aromatic rings. The van der Waals surface area contributed by atoms with Crippen molar-refractivity contribution >= 4 is 18.0 Å². The van der Waals surface area contributed by atoms with Gasteiger partial charge in [0.1, 0.15) is 6.54 Å². The lowest BCUT2D eigenvalue weighted by molar-refractivity contribution is -0.133. The maximum Gasteiger partial charge on any atom is 0.280 e. The van der Waals surface area contributed by atoms with Gasteiger partial charge < -0.3 is 4.90 Å². The molecule has 0 spiro atoms. The minimum atomic E-state index is -0.408. The Morgan fingerprint density at radius 3 is 2.52 bits per heavy atom. The molecule has 1 atom stereocenters. The number of aromatic nitrogens is 2. The number of rotatable bonds is 6. The highest BCUT2D eigenvalue weighted by molar-refractivity contribution is 5.88. The molecule has 2 heterocycles. The smallest absolute Gasteiger partial charge is 0.280 e. The number of H-pyrrole nitrogens is 1.